The molecule has 1 unspecified atom stereocenters. The third-order valence-corrected chi connectivity index (χ3v) is 4.97. The summed E-state index contributed by atoms with van der Waals surface area (Å²) in [5.41, 5.74) is 2.71. The number of nitrogens with zero attached hydrogens (tertiary/aromatic N) is 2. The number of hydrogen-bond donors (Lipinski definition) is 0. The van der Waals surface area contributed by atoms with Crippen LogP contribution in [0.15, 0.2) is 40.8 Å². The van der Waals surface area contributed by atoms with Gasteiger partial charge in [-0.05, 0) is 30.7 Å². The molecule has 0 bridgehead atoms. The lowest BCUT2D eigenvalue weighted by atomic mass is 10.1. The van der Waals surface area contributed by atoms with E-state index in [0.717, 1.165) is 64.1 Å². The zero-order valence-electron chi connectivity index (χ0n) is 14.8. The van der Waals surface area contributed by atoms with Crippen molar-refractivity contribution in [2.45, 2.75) is 19.6 Å². The Morgan fingerprint density at radius 2 is 1.84 bits per heavy atom. The van der Waals surface area contributed by atoms with Crippen molar-refractivity contribution >= 4 is 5.69 Å². The number of benzene rings is 1. The summed E-state index contributed by atoms with van der Waals surface area (Å²) in [7, 11) is 0. The lowest BCUT2D eigenvalue weighted by molar-refractivity contribution is -0.0430. The van der Waals surface area contributed by atoms with Gasteiger partial charge < -0.3 is 18.8 Å². The first-order chi connectivity index (χ1) is 12.3. The summed E-state index contributed by atoms with van der Waals surface area (Å²) in [6.45, 7) is 9.03. The lowest BCUT2D eigenvalue weighted by Crippen LogP contribution is -2.39. The molecule has 2 fully saturated rings. The molecular weight excluding hydrogens is 316 g/mol. The highest BCUT2D eigenvalue weighted by atomic mass is 16.5. The molecule has 2 aliphatic rings. The first kappa shape index (κ1) is 16.6. The van der Waals surface area contributed by atoms with Gasteiger partial charge in [-0.2, -0.15) is 0 Å². The largest absolute Gasteiger partial charge is 0.464 e. The molecule has 2 saturated heterocycles. The number of rotatable bonds is 4. The van der Waals surface area contributed by atoms with Gasteiger partial charge in [-0.1, -0.05) is 18.2 Å². The molecule has 0 radical (unpaired) electrons. The molecule has 134 valence electrons. The van der Waals surface area contributed by atoms with Crippen LogP contribution in [-0.4, -0.2) is 50.9 Å². The Kier molecular flexibility index (Phi) is 5.06. The van der Waals surface area contributed by atoms with Gasteiger partial charge in [0, 0.05) is 38.4 Å². The van der Waals surface area contributed by atoms with Gasteiger partial charge in [0.05, 0.1) is 19.8 Å². The van der Waals surface area contributed by atoms with Crippen molar-refractivity contribution in [2.24, 2.45) is 0 Å². The topological polar surface area (TPSA) is 38.1 Å². The monoisotopic (exact) mass is 342 g/mol. The summed E-state index contributed by atoms with van der Waals surface area (Å²) in [4.78, 5) is 4.90. The van der Waals surface area contributed by atoms with Crippen LogP contribution in [0.25, 0.3) is 0 Å². The molecule has 1 atom stereocenters. The fraction of sp³-hybridized carbons (Fsp3) is 0.500. The Bertz CT molecular complexity index is 694. The van der Waals surface area contributed by atoms with Crippen molar-refractivity contribution in [3.8, 4) is 0 Å². The average molecular weight is 342 g/mol. The van der Waals surface area contributed by atoms with Gasteiger partial charge in [0.25, 0.3) is 0 Å². The molecule has 3 heterocycles. The van der Waals surface area contributed by atoms with Crippen LogP contribution in [0.2, 0.25) is 0 Å². The van der Waals surface area contributed by atoms with Crippen molar-refractivity contribution in [2.75, 3.05) is 50.9 Å². The van der Waals surface area contributed by atoms with Gasteiger partial charge in [-0.25, -0.2) is 0 Å². The highest BCUT2D eigenvalue weighted by molar-refractivity contribution is 5.54. The first-order valence-electron chi connectivity index (χ1n) is 9.10. The third-order valence-electron chi connectivity index (χ3n) is 4.97. The van der Waals surface area contributed by atoms with Crippen LogP contribution < -0.4 is 4.90 Å². The van der Waals surface area contributed by atoms with Gasteiger partial charge in [0.2, 0.25) is 0 Å². The molecule has 0 saturated carbocycles. The van der Waals surface area contributed by atoms with E-state index in [0.29, 0.717) is 0 Å². The Labute approximate surface area is 149 Å². The second-order valence-electron chi connectivity index (χ2n) is 6.77. The van der Waals surface area contributed by atoms with Crippen LogP contribution in [0, 0.1) is 6.92 Å². The summed E-state index contributed by atoms with van der Waals surface area (Å²) < 4.78 is 17.2. The smallest absolute Gasteiger partial charge is 0.134 e. The highest BCUT2D eigenvalue weighted by Gasteiger charge is 2.25. The van der Waals surface area contributed by atoms with Crippen molar-refractivity contribution in [3.63, 3.8) is 0 Å². The third kappa shape index (κ3) is 3.89. The van der Waals surface area contributed by atoms with E-state index in [-0.39, 0.29) is 6.10 Å². The maximum atomic E-state index is 5.93. The number of furan rings is 1. The lowest BCUT2D eigenvalue weighted by Gasteiger charge is -2.34. The van der Waals surface area contributed by atoms with E-state index in [1.54, 1.807) is 0 Å². The normalized spacial score (nSPS) is 22.3. The van der Waals surface area contributed by atoms with E-state index < -0.39 is 0 Å². The van der Waals surface area contributed by atoms with Crippen LogP contribution in [0.4, 0.5) is 5.69 Å². The van der Waals surface area contributed by atoms with Crippen LogP contribution in [-0.2, 0) is 16.0 Å². The summed E-state index contributed by atoms with van der Waals surface area (Å²) in [5.74, 6) is 1.87. The van der Waals surface area contributed by atoms with Gasteiger partial charge in [0.1, 0.15) is 17.6 Å². The van der Waals surface area contributed by atoms with E-state index in [4.69, 9.17) is 13.9 Å². The standard InChI is InChI=1S/C20H26N2O3/c1-16-6-7-19(25-16)20-15-21(8-13-24-20)14-17-4-2-3-5-18(17)22-9-11-23-12-10-22/h2-7,20H,8-15H2,1H3. The molecule has 2 aliphatic heterocycles. The second-order valence-corrected chi connectivity index (χ2v) is 6.77. The van der Waals surface area contributed by atoms with E-state index in [2.05, 4.69) is 34.1 Å². The highest BCUT2D eigenvalue weighted by Crippen LogP contribution is 2.27. The first-order valence-corrected chi connectivity index (χ1v) is 9.10. The number of morpholine rings is 2. The molecule has 1 aromatic heterocycles. The Morgan fingerprint density at radius 3 is 2.64 bits per heavy atom. The maximum absolute atomic E-state index is 5.93. The molecule has 0 aliphatic carbocycles. The molecule has 5 nitrogen and oxygen atoms in total. The van der Waals surface area contributed by atoms with Gasteiger partial charge in [-0.3, -0.25) is 4.90 Å². The fourth-order valence-corrected chi connectivity index (χ4v) is 3.64. The minimum Gasteiger partial charge on any atom is -0.464 e. The SMILES string of the molecule is Cc1ccc(C2CN(Cc3ccccc3N3CCOCC3)CCO2)o1. The molecule has 5 heteroatoms. The second kappa shape index (κ2) is 7.60. The summed E-state index contributed by atoms with van der Waals surface area (Å²) in [5, 5.41) is 0. The zero-order valence-corrected chi connectivity index (χ0v) is 14.8. The van der Waals surface area contributed by atoms with E-state index >= 15 is 0 Å². The molecular formula is C20H26N2O3. The van der Waals surface area contributed by atoms with E-state index in [1.807, 2.05) is 19.1 Å². The van der Waals surface area contributed by atoms with Gasteiger partial charge in [-0.15, -0.1) is 0 Å². The van der Waals surface area contributed by atoms with E-state index in [1.165, 1.54) is 11.3 Å². The van der Waals surface area contributed by atoms with Crippen LogP contribution >= 0.6 is 0 Å². The molecule has 2 aromatic rings. The summed E-state index contributed by atoms with van der Waals surface area (Å²) in [6.07, 6.45) is 0.0259. The number of aryl methyl sites for hydroxylation is 1. The number of para-hydroxylation sites is 1. The van der Waals surface area contributed by atoms with Crippen LogP contribution in [0.1, 0.15) is 23.2 Å². The van der Waals surface area contributed by atoms with Crippen LogP contribution in [0.3, 0.4) is 0 Å². The summed E-state index contributed by atoms with van der Waals surface area (Å²) >= 11 is 0. The van der Waals surface area contributed by atoms with Crippen molar-refractivity contribution in [3.05, 3.63) is 53.5 Å². The predicted molar refractivity (Wildman–Crippen MR) is 96.9 cm³/mol. The average Bonchev–Trinajstić information content (AvgIpc) is 3.10. The Balaban J connectivity index is 1.46. The maximum Gasteiger partial charge on any atom is 0.134 e. The number of ether oxygens (including phenoxy) is 2. The Morgan fingerprint density at radius 1 is 1.00 bits per heavy atom. The fourth-order valence-electron chi connectivity index (χ4n) is 3.64. The molecule has 1 aromatic carbocycles. The van der Waals surface area contributed by atoms with Gasteiger partial charge in [0.15, 0.2) is 0 Å². The molecule has 0 N–H and O–H groups in total. The van der Waals surface area contributed by atoms with Crippen molar-refractivity contribution in [1.82, 2.24) is 4.90 Å². The predicted octanol–water partition coefficient (Wildman–Crippen LogP) is 3.00. The quantitative estimate of drug-likeness (QED) is 0.854. The molecule has 4 rings (SSSR count). The zero-order chi connectivity index (χ0) is 17.1. The number of anilines is 1. The van der Waals surface area contributed by atoms with Crippen molar-refractivity contribution < 1.29 is 13.9 Å². The Hall–Kier alpha value is -1.82. The summed E-state index contributed by atoms with van der Waals surface area (Å²) in [6, 6.07) is 12.8. The number of hydrogen-bond acceptors (Lipinski definition) is 5. The molecule has 25 heavy (non-hydrogen) atoms. The van der Waals surface area contributed by atoms with Crippen molar-refractivity contribution in [1.29, 1.82) is 0 Å². The van der Waals surface area contributed by atoms with E-state index in [9.17, 15) is 0 Å². The minimum atomic E-state index is 0.0259. The van der Waals surface area contributed by atoms with Gasteiger partial charge >= 0.3 is 0 Å². The van der Waals surface area contributed by atoms with Crippen LogP contribution in [0.5, 0.6) is 0 Å². The molecule has 0 amide bonds. The minimum absolute atomic E-state index is 0.0259. The molecule has 0 spiro atoms.